The van der Waals surface area contributed by atoms with Crippen LogP contribution in [0.5, 0.6) is 0 Å². The second-order valence-electron chi connectivity index (χ2n) is 5.64. The number of benzene rings is 1. The molecule has 0 bridgehead atoms. The first-order valence-corrected chi connectivity index (χ1v) is 8.63. The topological polar surface area (TPSA) is 70.0 Å². The van der Waals surface area contributed by atoms with Crippen molar-refractivity contribution in [2.24, 2.45) is 5.92 Å². The summed E-state index contributed by atoms with van der Waals surface area (Å²) in [6.07, 6.45) is 4.02. The van der Waals surface area contributed by atoms with E-state index in [2.05, 4.69) is 11.6 Å². The van der Waals surface area contributed by atoms with Crippen LogP contribution in [0.2, 0.25) is 0 Å². The minimum Gasteiger partial charge on any atom is -0.212 e. The Balaban J connectivity index is 1.95. The van der Waals surface area contributed by atoms with Gasteiger partial charge < -0.3 is 0 Å². The molecule has 5 heteroatoms. The molecule has 0 aromatic heterocycles. The highest BCUT2D eigenvalue weighted by Gasteiger charge is 2.22. The lowest BCUT2D eigenvalue weighted by molar-refractivity contribution is 0.332. The van der Waals surface area contributed by atoms with Crippen molar-refractivity contribution in [3.63, 3.8) is 0 Å². The Hall–Kier alpha value is -1.38. The molecular weight excluding hydrogens is 272 g/mol. The maximum atomic E-state index is 12.1. The van der Waals surface area contributed by atoms with Crippen molar-refractivity contribution in [2.45, 2.75) is 44.4 Å². The van der Waals surface area contributed by atoms with Crippen molar-refractivity contribution >= 4 is 10.0 Å². The van der Waals surface area contributed by atoms with Crippen LogP contribution in [0.25, 0.3) is 0 Å². The summed E-state index contributed by atoms with van der Waals surface area (Å²) in [5.41, 5.74) is 1.25. The van der Waals surface area contributed by atoms with Gasteiger partial charge in [0.05, 0.1) is 17.4 Å². The zero-order valence-corrected chi connectivity index (χ0v) is 12.5. The molecule has 2 rings (SSSR count). The lowest BCUT2D eigenvalue weighted by atomic mass is 9.88. The highest BCUT2D eigenvalue weighted by atomic mass is 32.2. The third-order valence-corrected chi connectivity index (χ3v) is 5.21. The van der Waals surface area contributed by atoms with Crippen LogP contribution in [-0.2, 0) is 15.8 Å². The summed E-state index contributed by atoms with van der Waals surface area (Å²) in [5.74, 6) is 0.680. The summed E-state index contributed by atoms with van der Waals surface area (Å²) >= 11 is 0. The van der Waals surface area contributed by atoms with Crippen LogP contribution in [0.4, 0.5) is 0 Å². The SMILES string of the molecule is CC1CCC(NS(=O)(=O)Cc2ccc(C#N)cc2)CC1. The quantitative estimate of drug-likeness (QED) is 0.927. The molecule has 0 aliphatic heterocycles. The minimum atomic E-state index is -3.30. The maximum Gasteiger partial charge on any atom is 0.216 e. The van der Waals surface area contributed by atoms with Crippen LogP contribution in [0.15, 0.2) is 24.3 Å². The number of nitriles is 1. The van der Waals surface area contributed by atoms with Crippen molar-refractivity contribution in [3.05, 3.63) is 35.4 Å². The van der Waals surface area contributed by atoms with Crippen molar-refractivity contribution in [2.75, 3.05) is 0 Å². The van der Waals surface area contributed by atoms with Crippen molar-refractivity contribution in [3.8, 4) is 6.07 Å². The largest absolute Gasteiger partial charge is 0.216 e. The fourth-order valence-corrected chi connectivity index (χ4v) is 4.03. The molecule has 0 atom stereocenters. The Kier molecular flexibility index (Phi) is 4.79. The molecule has 0 spiro atoms. The zero-order valence-electron chi connectivity index (χ0n) is 11.7. The smallest absolute Gasteiger partial charge is 0.212 e. The van der Waals surface area contributed by atoms with Gasteiger partial charge in [0.2, 0.25) is 10.0 Å². The predicted octanol–water partition coefficient (Wildman–Crippen LogP) is 2.56. The maximum absolute atomic E-state index is 12.1. The van der Waals surface area contributed by atoms with Crippen LogP contribution >= 0.6 is 0 Å². The molecule has 1 N–H and O–H groups in total. The van der Waals surface area contributed by atoms with Gasteiger partial charge in [0.25, 0.3) is 0 Å². The summed E-state index contributed by atoms with van der Waals surface area (Å²) in [5, 5.41) is 8.72. The molecule has 108 valence electrons. The summed E-state index contributed by atoms with van der Waals surface area (Å²) in [6, 6.07) is 8.78. The van der Waals surface area contributed by atoms with Crippen LogP contribution in [-0.4, -0.2) is 14.5 Å². The number of nitrogens with zero attached hydrogens (tertiary/aromatic N) is 1. The van der Waals surface area contributed by atoms with E-state index >= 15 is 0 Å². The Labute approximate surface area is 120 Å². The molecule has 1 aliphatic rings. The number of nitrogens with one attached hydrogen (secondary N) is 1. The van der Waals surface area contributed by atoms with Gasteiger partial charge in [-0.1, -0.05) is 19.1 Å². The molecule has 0 saturated heterocycles. The highest BCUT2D eigenvalue weighted by molar-refractivity contribution is 7.88. The van der Waals surface area contributed by atoms with Gasteiger partial charge in [-0.05, 0) is 49.3 Å². The first-order chi connectivity index (χ1) is 9.48. The third-order valence-electron chi connectivity index (χ3n) is 3.80. The number of hydrogen-bond donors (Lipinski definition) is 1. The van der Waals surface area contributed by atoms with E-state index in [9.17, 15) is 8.42 Å². The molecule has 1 fully saturated rings. The lowest BCUT2D eigenvalue weighted by Gasteiger charge is -2.26. The molecular formula is C15H20N2O2S. The van der Waals surface area contributed by atoms with Crippen LogP contribution in [0, 0.1) is 17.2 Å². The van der Waals surface area contributed by atoms with Gasteiger partial charge >= 0.3 is 0 Å². The fourth-order valence-electron chi connectivity index (χ4n) is 2.57. The second kappa shape index (κ2) is 6.38. The van der Waals surface area contributed by atoms with Crippen molar-refractivity contribution < 1.29 is 8.42 Å². The van der Waals surface area contributed by atoms with Gasteiger partial charge in [0.15, 0.2) is 0 Å². The van der Waals surface area contributed by atoms with Crippen LogP contribution in [0.1, 0.15) is 43.7 Å². The van der Waals surface area contributed by atoms with E-state index in [0.717, 1.165) is 25.7 Å². The summed E-state index contributed by atoms with van der Waals surface area (Å²) in [6.45, 7) is 2.21. The Morgan fingerprint density at radius 3 is 2.35 bits per heavy atom. The minimum absolute atomic E-state index is 0.0231. The normalized spacial score (nSPS) is 23.2. The molecule has 0 radical (unpaired) electrons. The lowest BCUT2D eigenvalue weighted by Crippen LogP contribution is -2.37. The zero-order chi connectivity index (χ0) is 14.6. The molecule has 0 amide bonds. The number of rotatable bonds is 4. The van der Waals surface area contributed by atoms with E-state index in [1.54, 1.807) is 24.3 Å². The van der Waals surface area contributed by atoms with Gasteiger partial charge in [-0.15, -0.1) is 0 Å². The Morgan fingerprint density at radius 1 is 1.20 bits per heavy atom. The molecule has 0 unspecified atom stereocenters. The summed E-state index contributed by atoms with van der Waals surface area (Å²) in [7, 11) is -3.30. The van der Waals surface area contributed by atoms with E-state index in [1.807, 2.05) is 6.07 Å². The Morgan fingerprint density at radius 2 is 1.80 bits per heavy atom. The summed E-state index contributed by atoms with van der Waals surface area (Å²) in [4.78, 5) is 0. The average molecular weight is 292 g/mol. The van der Waals surface area contributed by atoms with Gasteiger partial charge in [-0.2, -0.15) is 5.26 Å². The predicted molar refractivity (Wildman–Crippen MR) is 78.3 cm³/mol. The van der Waals surface area contributed by atoms with Gasteiger partial charge in [0, 0.05) is 6.04 Å². The third kappa shape index (κ3) is 4.32. The van der Waals surface area contributed by atoms with E-state index in [4.69, 9.17) is 5.26 Å². The van der Waals surface area contributed by atoms with Gasteiger partial charge in [0.1, 0.15) is 0 Å². The highest BCUT2D eigenvalue weighted by Crippen LogP contribution is 2.24. The molecule has 1 aliphatic carbocycles. The van der Waals surface area contributed by atoms with E-state index in [1.165, 1.54) is 0 Å². The molecule has 1 aromatic carbocycles. The van der Waals surface area contributed by atoms with Crippen molar-refractivity contribution in [1.29, 1.82) is 5.26 Å². The van der Waals surface area contributed by atoms with Gasteiger partial charge in [-0.25, -0.2) is 13.1 Å². The molecule has 1 saturated carbocycles. The fraction of sp³-hybridized carbons (Fsp3) is 0.533. The summed E-state index contributed by atoms with van der Waals surface area (Å²) < 4.78 is 27.1. The number of hydrogen-bond acceptors (Lipinski definition) is 3. The second-order valence-corrected chi connectivity index (χ2v) is 7.40. The standard InChI is InChI=1S/C15H20N2O2S/c1-12-2-8-15(9-3-12)17-20(18,19)11-14-6-4-13(10-16)5-7-14/h4-7,12,15,17H,2-3,8-9,11H2,1H3. The molecule has 4 nitrogen and oxygen atoms in total. The van der Waals surface area contributed by atoms with Crippen molar-refractivity contribution in [1.82, 2.24) is 4.72 Å². The van der Waals surface area contributed by atoms with E-state index in [-0.39, 0.29) is 11.8 Å². The van der Waals surface area contributed by atoms with Crippen LogP contribution < -0.4 is 4.72 Å². The molecule has 1 aromatic rings. The average Bonchev–Trinajstić information content (AvgIpc) is 2.41. The number of sulfonamides is 1. The molecule has 0 heterocycles. The van der Waals surface area contributed by atoms with E-state index in [0.29, 0.717) is 17.0 Å². The monoisotopic (exact) mass is 292 g/mol. The molecule has 20 heavy (non-hydrogen) atoms. The first-order valence-electron chi connectivity index (χ1n) is 6.97. The first kappa shape index (κ1) is 15.0. The Bertz CT molecular complexity index is 579. The van der Waals surface area contributed by atoms with E-state index < -0.39 is 10.0 Å². The van der Waals surface area contributed by atoms with Crippen LogP contribution in [0.3, 0.4) is 0 Å². The van der Waals surface area contributed by atoms with Gasteiger partial charge in [-0.3, -0.25) is 0 Å².